The fourth-order valence-corrected chi connectivity index (χ4v) is 7.44. The van der Waals surface area contributed by atoms with Crippen LogP contribution >= 0.6 is 0 Å². The van der Waals surface area contributed by atoms with Gasteiger partial charge < -0.3 is 14.4 Å². The van der Waals surface area contributed by atoms with Crippen molar-refractivity contribution in [2.24, 2.45) is 0 Å². The molecule has 0 aliphatic rings. The van der Waals surface area contributed by atoms with Gasteiger partial charge in [-0.05, 0) is 112 Å². The molecule has 0 amide bonds. The number of aromatic nitrogens is 3. The third-order valence-electron chi connectivity index (χ3n) is 10.5. The molecule has 283 valence electrons. The van der Waals surface area contributed by atoms with E-state index in [0.717, 1.165) is 50.1 Å². The molecule has 0 spiro atoms. The van der Waals surface area contributed by atoms with E-state index in [1.165, 1.54) is 55.3 Å². The Hall–Kier alpha value is -6.52. The Bertz CT molecular complexity index is 3050. The maximum Gasteiger partial charge on any atom is 0.216 e. The van der Waals surface area contributed by atoms with Crippen LogP contribution in [0.5, 0.6) is 0 Å². The van der Waals surface area contributed by atoms with Gasteiger partial charge in [-0.15, -0.1) is 47.5 Å². The van der Waals surface area contributed by atoms with Crippen LogP contribution in [-0.4, -0.2) is 15.0 Å². The second-order valence-electron chi connectivity index (χ2n) is 14.6. The monoisotopic (exact) mass is 926 g/mol. The average molecular weight is 926 g/mol. The molecule has 0 aliphatic heterocycles. The first-order valence-electron chi connectivity index (χ1n) is 19.2. The standard InChI is InChI=1S/C34H23N2O.C19H16N.Ir/c1-21-17-27-18-24(23-7-4-3-5-8-23)12-13-25(27)19-31(21)26-15-16-35-32(20-26)30-10-6-9-28-29-14-11-22(2)36-34(29)37-33(28)30;1-14-8-11-19(20-13-14)17-10-9-15(2)18(12-17)16-6-4-3-5-7-16;/h3-9,11-20H,1-2H3;3-9,11-13H,1-2H3;/q2*-1;. The second-order valence-corrected chi connectivity index (χ2v) is 14.6. The normalized spacial score (nSPS) is 11.0. The number of hydrogen-bond acceptors (Lipinski definition) is 4. The van der Waals surface area contributed by atoms with E-state index >= 15 is 0 Å². The summed E-state index contributed by atoms with van der Waals surface area (Å²) >= 11 is 0. The van der Waals surface area contributed by atoms with E-state index in [0.29, 0.717) is 5.71 Å². The second kappa shape index (κ2) is 16.5. The minimum Gasteiger partial charge on any atom is -0.486 e. The van der Waals surface area contributed by atoms with Gasteiger partial charge in [0.2, 0.25) is 5.71 Å². The van der Waals surface area contributed by atoms with Crippen molar-refractivity contribution in [2.45, 2.75) is 27.7 Å². The summed E-state index contributed by atoms with van der Waals surface area (Å²) in [5.41, 5.74) is 16.9. The van der Waals surface area contributed by atoms with Crippen LogP contribution in [-0.2, 0) is 20.1 Å². The Kier molecular flexibility index (Phi) is 10.9. The molecule has 0 saturated heterocycles. The van der Waals surface area contributed by atoms with Crippen LogP contribution in [0, 0.1) is 39.8 Å². The molecule has 0 saturated carbocycles. The minimum absolute atomic E-state index is 0. The number of nitrogens with zero attached hydrogens (tertiary/aromatic N) is 3. The summed E-state index contributed by atoms with van der Waals surface area (Å²) in [5.74, 6) is 0. The van der Waals surface area contributed by atoms with Crippen LogP contribution in [0.2, 0.25) is 0 Å². The van der Waals surface area contributed by atoms with Gasteiger partial charge in [0.25, 0.3) is 0 Å². The maximum atomic E-state index is 6.21. The summed E-state index contributed by atoms with van der Waals surface area (Å²) in [6.45, 7) is 8.31. The average Bonchev–Trinajstić information content (AvgIpc) is 3.62. The van der Waals surface area contributed by atoms with E-state index in [2.05, 4.69) is 145 Å². The summed E-state index contributed by atoms with van der Waals surface area (Å²) in [6, 6.07) is 59.4. The Morgan fingerprint density at radius 3 is 2.09 bits per heavy atom. The number of fused-ring (bicyclic) bond motifs is 4. The van der Waals surface area contributed by atoms with Gasteiger partial charge in [0, 0.05) is 43.6 Å². The molecule has 0 bridgehead atoms. The quantitative estimate of drug-likeness (QED) is 0.161. The van der Waals surface area contributed by atoms with E-state index in [-0.39, 0.29) is 20.1 Å². The summed E-state index contributed by atoms with van der Waals surface area (Å²) in [6.07, 6.45) is 3.76. The summed E-state index contributed by atoms with van der Waals surface area (Å²) in [4.78, 5) is 13.8. The fourth-order valence-electron chi connectivity index (χ4n) is 7.44. The van der Waals surface area contributed by atoms with Gasteiger partial charge in [0.1, 0.15) is 0 Å². The Morgan fingerprint density at radius 1 is 0.534 bits per heavy atom. The topological polar surface area (TPSA) is 51.8 Å². The largest absolute Gasteiger partial charge is 0.486 e. The van der Waals surface area contributed by atoms with Crippen molar-refractivity contribution in [1.29, 1.82) is 0 Å². The molecule has 1 radical (unpaired) electrons. The molecule has 0 atom stereocenters. The number of benzene rings is 6. The van der Waals surface area contributed by atoms with Gasteiger partial charge in [0.15, 0.2) is 0 Å². The molecule has 0 unspecified atom stereocenters. The summed E-state index contributed by atoms with van der Waals surface area (Å²) in [5, 5.41) is 4.48. The minimum atomic E-state index is 0. The molecule has 6 aromatic carbocycles. The zero-order valence-corrected chi connectivity index (χ0v) is 35.1. The van der Waals surface area contributed by atoms with Crippen molar-refractivity contribution in [2.75, 3.05) is 0 Å². The van der Waals surface area contributed by atoms with Crippen LogP contribution in [0.4, 0.5) is 0 Å². The van der Waals surface area contributed by atoms with Crippen LogP contribution in [0.1, 0.15) is 22.4 Å². The van der Waals surface area contributed by atoms with Gasteiger partial charge in [-0.1, -0.05) is 120 Å². The molecule has 58 heavy (non-hydrogen) atoms. The van der Waals surface area contributed by atoms with Crippen molar-refractivity contribution < 1.29 is 24.5 Å². The van der Waals surface area contributed by atoms with Crippen LogP contribution < -0.4 is 0 Å². The van der Waals surface area contributed by atoms with E-state index in [1.54, 1.807) is 0 Å². The predicted octanol–water partition coefficient (Wildman–Crippen LogP) is 13.8. The van der Waals surface area contributed by atoms with E-state index in [9.17, 15) is 0 Å². The maximum absolute atomic E-state index is 6.21. The van der Waals surface area contributed by atoms with Crippen molar-refractivity contribution in [3.05, 3.63) is 199 Å². The van der Waals surface area contributed by atoms with Gasteiger partial charge >= 0.3 is 0 Å². The molecule has 0 aliphatic carbocycles. The fraction of sp³-hybridized carbons (Fsp3) is 0.0755. The van der Waals surface area contributed by atoms with E-state index < -0.39 is 0 Å². The van der Waals surface area contributed by atoms with Gasteiger partial charge in [0.05, 0.1) is 5.58 Å². The molecular formula is C53H39IrN3O-2. The van der Waals surface area contributed by atoms with Crippen molar-refractivity contribution in [1.82, 2.24) is 15.0 Å². The summed E-state index contributed by atoms with van der Waals surface area (Å²) in [7, 11) is 0. The molecule has 4 nitrogen and oxygen atoms in total. The smallest absolute Gasteiger partial charge is 0.216 e. The molecule has 4 heterocycles. The number of pyridine rings is 3. The third-order valence-corrected chi connectivity index (χ3v) is 10.5. The molecule has 4 aromatic heterocycles. The molecule has 5 heteroatoms. The van der Waals surface area contributed by atoms with Crippen molar-refractivity contribution in [3.63, 3.8) is 0 Å². The Morgan fingerprint density at radius 2 is 1.31 bits per heavy atom. The first-order valence-corrected chi connectivity index (χ1v) is 19.2. The third kappa shape index (κ3) is 7.75. The van der Waals surface area contributed by atoms with E-state index in [1.807, 2.05) is 68.7 Å². The SMILES string of the molecule is Cc1ccc(-c2[c-]cc(C)c(-c3ccccc3)c2)nc1.Cc1ccc2c(n1)oc1c(-c3cc(-c4cc5ccc(-c6ccccc6)cc5cc4C)ccn3)[c-]ccc12.[Ir]. The van der Waals surface area contributed by atoms with Crippen molar-refractivity contribution >= 4 is 32.8 Å². The molecule has 0 fully saturated rings. The molecule has 10 aromatic rings. The Labute approximate surface area is 352 Å². The molecular weight excluding hydrogens is 887 g/mol. The number of aryl methyl sites for hydroxylation is 4. The van der Waals surface area contributed by atoms with Crippen LogP contribution in [0.25, 0.3) is 88.7 Å². The number of rotatable bonds is 5. The number of furan rings is 1. The van der Waals surface area contributed by atoms with Gasteiger partial charge in [-0.2, -0.15) is 0 Å². The summed E-state index contributed by atoms with van der Waals surface area (Å²) < 4.78 is 6.21. The van der Waals surface area contributed by atoms with Crippen LogP contribution in [0.3, 0.4) is 0 Å². The first kappa shape index (κ1) is 38.4. The molecule has 10 rings (SSSR count). The first-order chi connectivity index (χ1) is 27.9. The van der Waals surface area contributed by atoms with E-state index in [4.69, 9.17) is 9.40 Å². The zero-order chi connectivity index (χ0) is 38.9. The van der Waals surface area contributed by atoms with Gasteiger partial charge in [-0.3, -0.25) is 0 Å². The van der Waals surface area contributed by atoms with Gasteiger partial charge in [-0.25, -0.2) is 4.98 Å². The zero-order valence-electron chi connectivity index (χ0n) is 32.7. The number of hydrogen-bond donors (Lipinski definition) is 0. The Balaban J connectivity index is 0.000000190. The van der Waals surface area contributed by atoms with Crippen LogP contribution in [0.15, 0.2) is 168 Å². The predicted molar refractivity (Wildman–Crippen MR) is 235 cm³/mol. The molecule has 0 N–H and O–H groups in total. The van der Waals surface area contributed by atoms with Crippen molar-refractivity contribution in [3.8, 4) is 55.9 Å².